The summed E-state index contributed by atoms with van der Waals surface area (Å²) in [7, 11) is 0. The second-order valence-electron chi connectivity index (χ2n) is 3.15. The Balaban J connectivity index is 3.46. The molecule has 19 heavy (non-hydrogen) atoms. The Bertz CT molecular complexity index is 519. The summed E-state index contributed by atoms with van der Waals surface area (Å²) in [6.45, 7) is 0. The topological polar surface area (TPSA) is 45.9 Å². The molecule has 0 fully saturated rings. The molecular weight excluding hydrogens is 393 g/mol. The van der Waals surface area contributed by atoms with Gasteiger partial charge in [0, 0.05) is 15.3 Å². The van der Waals surface area contributed by atoms with Crippen LogP contribution in [0.3, 0.4) is 0 Å². The molecular formula is C9H3F6IN2O. The van der Waals surface area contributed by atoms with Gasteiger partial charge in [0.2, 0.25) is 5.88 Å². The second kappa shape index (κ2) is 5.40. The number of nitrogens with zero attached hydrogens (tertiary/aromatic N) is 2. The molecule has 10 heteroatoms. The lowest BCUT2D eigenvalue weighted by atomic mass is 10.1. The number of nitriles is 1. The quantitative estimate of drug-likeness (QED) is 0.567. The summed E-state index contributed by atoms with van der Waals surface area (Å²) in [6.07, 6.45) is -10.4. The van der Waals surface area contributed by atoms with E-state index in [4.69, 9.17) is 5.26 Å². The maximum atomic E-state index is 12.8. The Labute approximate surface area is 116 Å². The fraction of sp³-hybridized carbons (Fsp3) is 0.333. The van der Waals surface area contributed by atoms with Crippen molar-refractivity contribution >= 4 is 22.6 Å². The molecule has 1 rings (SSSR count). The molecule has 0 atom stereocenters. The van der Waals surface area contributed by atoms with Crippen molar-refractivity contribution in [1.29, 1.82) is 5.26 Å². The molecule has 1 aromatic rings. The van der Waals surface area contributed by atoms with E-state index in [-0.39, 0.29) is 0 Å². The SMILES string of the molecule is N#CCc1c(OC(F)(F)F)ncc(I)c1C(F)(F)F. The lowest BCUT2D eigenvalue weighted by molar-refractivity contribution is -0.276. The summed E-state index contributed by atoms with van der Waals surface area (Å²) in [6, 6.07) is 1.36. The van der Waals surface area contributed by atoms with Crippen molar-refractivity contribution in [2.45, 2.75) is 19.0 Å². The summed E-state index contributed by atoms with van der Waals surface area (Å²) >= 11 is 1.28. The molecule has 0 bridgehead atoms. The number of halogens is 7. The molecule has 0 aliphatic rings. The molecule has 0 saturated heterocycles. The highest BCUT2D eigenvalue weighted by atomic mass is 127. The van der Waals surface area contributed by atoms with Gasteiger partial charge in [-0.1, -0.05) is 0 Å². The van der Waals surface area contributed by atoms with Gasteiger partial charge in [-0.2, -0.15) is 18.4 Å². The molecule has 0 amide bonds. The van der Waals surface area contributed by atoms with Gasteiger partial charge in [-0.05, 0) is 22.6 Å². The van der Waals surface area contributed by atoms with Crippen molar-refractivity contribution in [2.24, 2.45) is 0 Å². The highest BCUT2D eigenvalue weighted by Crippen LogP contribution is 2.39. The zero-order valence-corrected chi connectivity index (χ0v) is 10.9. The van der Waals surface area contributed by atoms with Crippen LogP contribution in [0.2, 0.25) is 0 Å². The molecule has 3 nitrogen and oxygen atoms in total. The minimum Gasteiger partial charge on any atom is -0.388 e. The van der Waals surface area contributed by atoms with Gasteiger partial charge in [0.1, 0.15) is 0 Å². The highest BCUT2D eigenvalue weighted by Gasteiger charge is 2.40. The van der Waals surface area contributed by atoms with Crippen LogP contribution in [-0.4, -0.2) is 11.3 Å². The van der Waals surface area contributed by atoms with E-state index in [0.717, 1.165) is 0 Å². The van der Waals surface area contributed by atoms with E-state index in [1.54, 1.807) is 0 Å². The van der Waals surface area contributed by atoms with Crippen LogP contribution in [0, 0.1) is 14.9 Å². The Morgan fingerprint density at radius 3 is 2.26 bits per heavy atom. The Morgan fingerprint density at radius 2 is 1.84 bits per heavy atom. The number of alkyl halides is 6. The predicted octanol–water partition coefficient (Wildman–Crippen LogP) is 3.67. The maximum Gasteiger partial charge on any atom is 0.574 e. The first-order chi connectivity index (χ1) is 8.56. The van der Waals surface area contributed by atoms with Gasteiger partial charge in [-0.15, -0.1) is 13.2 Å². The van der Waals surface area contributed by atoms with Crippen molar-refractivity contribution < 1.29 is 31.1 Å². The van der Waals surface area contributed by atoms with Crippen LogP contribution in [0.5, 0.6) is 5.88 Å². The van der Waals surface area contributed by atoms with E-state index >= 15 is 0 Å². The van der Waals surface area contributed by atoms with Crippen molar-refractivity contribution in [1.82, 2.24) is 4.98 Å². The minimum absolute atomic E-state index is 0.412. The van der Waals surface area contributed by atoms with Crippen molar-refractivity contribution in [3.8, 4) is 11.9 Å². The van der Waals surface area contributed by atoms with Crippen LogP contribution in [0.4, 0.5) is 26.3 Å². The van der Waals surface area contributed by atoms with Crippen LogP contribution in [0.25, 0.3) is 0 Å². The van der Waals surface area contributed by atoms with Crippen LogP contribution >= 0.6 is 22.6 Å². The van der Waals surface area contributed by atoms with E-state index in [9.17, 15) is 26.3 Å². The summed E-state index contributed by atoms with van der Waals surface area (Å²) in [4.78, 5) is 3.16. The van der Waals surface area contributed by atoms with E-state index < -0.39 is 39.5 Å². The number of hydrogen-bond acceptors (Lipinski definition) is 3. The zero-order valence-electron chi connectivity index (χ0n) is 8.73. The summed E-state index contributed by atoms with van der Waals surface area (Å²) in [5.74, 6) is -1.26. The summed E-state index contributed by atoms with van der Waals surface area (Å²) in [5, 5.41) is 8.44. The Hall–Kier alpha value is -1.25. The first-order valence-electron chi connectivity index (χ1n) is 4.43. The van der Waals surface area contributed by atoms with Crippen LogP contribution < -0.4 is 4.74 Å². The van der Waals surface area contributed by atoms with Gasteiger partial charge < -0.3 is 4.74 Å². The predicted molar refractivity (Wildman–Crippen MR) is 58.0 cm³/mol. The largest absolute Gasteiger partial charge is 0.574 e. The average molecular weight is 396 g/mol. The molecule has 0 radical (unpaired) electrons. The molecule has 104 valence electrons. The van der Waals surface area contributed by atoms with Crippen LogP contribution in [0.15, 0.2) is 6.20 Å². The first kappa shape index (κ1) is 15.8. The molecule has 0 aliphatic heterocycles. The fourth-order valence-corrected chi connectivity index (χ4v) is 2.03. The molecule has 1 aromatic heterocycles. The molecule has 0 spiro atoms. The van der Waals surface area contributed by atoms with Crippen LogP contribution in [0.1, 0.15) is 11.1 Å². The third kappa shape index (κ3) is 4.12. The standard InChI is InChI=1S/C9H3F6IN2O/c10-8(11,12)6-4(1-2-17)7(18-3-5(6)16)19-9(13,14)15/h3H,1H2. The third-order valence-corrected chi connectivity index (χ3v) is 2.66. The second-order valence-corrected chi connectivity index (χ2v) is 4.31. The third-order valence-electron chi connectivity index (χ3n) is 1.85. The molecule has 0 unspecified atom stereocenters. The van der Waals surface area contributed by atoms with Crippen LogP contribution in [-0.2, 0) is 12.6 Å². The molecule has 0 saturated carbocycles. The van der Waals surface area contributed by atoms with E-state index in [1.165, 1.54) is 28.7 Å². The van der Waals surface area contributed by atoms with Crippen molar-refractivity contribution in [3.63, 3.8) is 0 Å². The number of pyridine rings is 1. The van der Waals surface area contributed by atoms with Gasteiger partial charge in [-0.3, -0.25) is 0 Å². The monoisotopic (exact) mass is 396 g/mol. The van der Waals surface area contributed by atoms with E-state index in [1.807, 2.05) is 0 Å². The van der Waals surface area contributed by atoms with Crippen molar-refractivity contribution in [2.75, 3.05) is 0 Å². The Morgan fingerprint density at radius 1 is 1.26 bits per heavy atom. The summed E-state index contributed by atoms with van der Waals surface area (Å²) < 4.78 is 77.5. The maximum absolute atomic E-state index is 12.8. The van der Waals surface area contributed by atoms with E-state index in [2.05, 4.69) is 9.72 Å². The number of hydrogen-bond donors (Lipinski definition) is 0. The lowest BCUT2D eigenvalue weighted by Gasteiger charge is -2.17. The number of rotatable bonds is 2. The van der Waals surface area contributed by atoms with Crippen molar-refractivity contribution in [3.05, 3.63) is 20.9 Å². The smallest absolute Gasteiger partial charge is 0.388 e. The number of aromatic nitrogens is 1. The summed E-state index contributed by atoms with van der Waals surface area (Å²) in [5.41, 5.74) is -2.27. The molecule has 0 N–H and O–H groups in total. The first-order valence-corrected chi connectivity index (χ1v) is 5.51. The Kier molecular flexibility index (Phi) is 4.49. The molecule has 0 aromatic carbocycles. The normalized spacial score (nSPS) is 12.1. The zero-order chi connectivity index (χ0) is 14.8. The van der Waals surface area contributed by atoms with E-state index in [0.29, 0.717) is 6.20 Å². The average Bonchev–Trinajstić information content (AvgIpc) is 2.19. The van der Waals surface area contributed by atoms with Gasteiger partial charge in [0.15, 0.2) is 0 Å². The fourth-order valence-electron chi connectivity index (χ4n) is 1.26. The molecule has 1 heterocycles. The minimum atomic E-state index is -5.19. The lowest BCUT2D eigenvalue weighted by Crippen LogP contribution is -2.21. The highest BCUT2D eigenvalue weighted by molar-refractivity contribution is 14.1. The van der Waals surface area contributed by atoms with Gasteiger partial charge >= 0.3 is 12.5 Å². The molecule has 0 aliphatic carbocycles. The van der Waals surface area contributed by atoms with Gasteiger partial charge in [0.05, 0.1) is 18.1 Å². The number of ether oxygens (including phenoxy) is 1. The van der Waals surface area contributed by atoms with Gasteiger partial charge in [-0.25, -0.2) is 4.98 Å². The van der Waals surface area contributed by atoms with Gasteiger partial charge in [0.25, 0.3) is 0 Å².